The number of amides is 2. The highest BCUT2D eigenvalue weighted by Gasteiger charge is 2.18. The molecule has 8 heteroatoms. The Morgan fingerprint density at radius 3 is 2.47 bits per heavy atom. The van der Waals surface area contributed by atoms with Gasteiger partial charge < -0.3 is 20.1 Å². The third-order valence-corrected chi connectivity index (χ3v) is 4.46. The van der Waals surface area contributed by atoms with Gasteiger partial charge in [-0.2, -0.15) is 0 Å². The first-order chi connectivity index (χ1) is 14.4. The van der Waals surface area contributed by atoms with Crippen LogP contribution in [0.25, 0.3) is 0 Å². The molecule has 0 heterocycles. The first-order valence-corrected chi connectivity index (χ1v) is 9.93. The quantitative estimate of drug-likeness (QED) is 0.434. The number of anilines is 1. The summed E-state index contributed by atoms with van der Waals surface area (Å²) in [7, 11) is 0. The van der Waals surface area contributed by atoms with Gasteiger partial charge in [-0.15, -0.1) is 0 Å². The van der Waals surface area contributed by atoms with Crippen molar-refractivity contribution in [3.8, 4) is 5.75 Å². The van der Waals surface area contributed by atoms with E-state index < -0.39 is 24.4 Å². The molecule has 0 spiro atoms. The Morgan fingerprint density at radius 1 is 1.07 bits per heavy atom. The summed E-state index contributed by atoms with van der Waals surface area (Å²) in [5.74, 6) is -0.737. The first kappa shape index (κ1) is 23.2. The molecule has 0 aliphatic heterocycles. The fourth-order valence-electron chi connectivity index (χ4n) is 2.69. The molecule has 2 aromatic carbocycles. The van der Waals surface area contributed by atoms with Crippen molar-refractivity contribution < 1.29 is 23.9 Å². The molecule has 0 aliphatic rings. The lowest BCUT2D eigenvalue weighted by atomic mass is 10.2. The van der Waals surface area contributed by atoms with Gasteiger partial charge in [-0.1, -0.05) is 29.8 Å². The molecule has 2 amide bonds. The standard InChI is InChI=1S/C22H25ClN2O5/c1-16-14-17(23)9-10-19(16)29-13-5-8-22(28)30-15-21(27)25(12-11-20(24)26)18-6-3-2-4-7-18/h2-4,6-7,9-10,14H,5,8,11-13,15H2,1H3,(H2,24,26). The molecule has 0 atom stereocenters. The highest BCUT2D eigenvalue weighted by atomic mass is 35.5. The maximum Gasteiger partial charge on any atom is 0.306 e. The summed E-state index contributed by atoms with van der Waals surface area (Å²) in [6, 6.07) is 14.1. The zero-order valence-corrected chi connectivity index (χ0v) is 17.6. The van der Waals surface area contributed by atoms with Crippen LogP contribution in [0.5, 0.6) is 5.75 Å². The van der Waals surface area contributed by atoms with Crippen LogP contribution in [0.15, 0.2) is 48.5 Å². The van der Waals surface area contributed by atoms with Crippen molar-refractivity contribution in [3.05, 3.63) is 59.1 Å². The number of aryl methyl sites for hydroxylation is 1. The number of hydrogen-bond donors (Lipinski definition) is 1. The van der Waals surface area contributed by atoms with Gasteiger partial charge in [0.2, 0.25) is 5.91 Å². The van der Waals surface area contributed by atoms with Gasteiger partial charge in [0.05, 0.1) is 6.61 Å². The highest BCUT2D eigenvalue weighted by molar-refractivity contribution is 6.30. The Labute approximate surface area is 180 Å². The van der Waals surface area contributed by atoms with Gasteiger partial charge in [0, 0.05) is 30.1 Å². The molecule has 2 N–H and O–H groups in total. The average Bonchev–Trinajstić information content (AvgIpc) is 2.71. The Balaban J connectivity index is 1.77. The lowest BCUT2D eigenvalue weighted by molar-refractivity contribution is -0.148. The molecule has 0 saturated carbocycles. The number of nitrogens with two attached hydrogens (primary N) is 1. The molecule has 30 heavy (non-hydrogen) atoms. The van der Waals surface area contributed by atoms with Gasteiger partial charge in [0.25, 0.3) is 5.91 Å². The largest absolute Gasteiger partial charge is 0.493 e. The van der Waals surface area contributed by atoms with Crippen molar-refractivity contribution >= 4 is 35.1 Å². The van der Waals surface area contributed by atoms with Gasteiger partial charge in [-0.3, -0.25) is 14.4 Å². The molecule has 0 radical (unpaired) electrons. The molecule has 2 rings (SSSR count). The van der Waals surface area contributed by atoms with Crippen LogP contribution >= 0.6 is 11.6 Å². The van der Waals surface area contributed by atoms with E-state index in [0.717, 1.165) is 5.56 Å². The lowest BCUT2D eigenvalue weighted by Gasteiger charge is -2.22. The molecule has 0 aromatic heterocycles. The SMILES string of the molecule is Cc1cc(Cl)ccc1OCCCC(=O)OCC(=O)N(CCC(N)=O)c1ccccc1. The molecule has 2 aromatic rings. The number of halogens is 1. The van der Waals surface area contributed by atoms with Crippen molar-refractivity contribution in [3.63, 3.8) is 0 Å². The van der Waals surface area contributed by atoms with E-state index in [4.69, 9.17) is 26.8 Å². The average molecular weight is 433 g/mol. The van der Waals surface area contributed by atoms with E-state index in [9.17, 15) is 14.4 Å². The number of para-hydroxylation sites is 1. The van der Waals surface area contributed by atoms with Crippen molar-refractivity contribution in [1.82, 2.24) is 0 Å². The number of primary amides is 1. The number of benzene rings is 2. The zero-order chi connectivity index (χ0) is 21.9. The summed E-state index contributed by atoms with van der Waals surface area (Å²) in [6.07, 6.45) is 0.571. The molecular weight excluding hydrogens is 408 g/mol. The number of hydrogen-bond acceptors (Lipinski definition) is 5. The van der Waals surface area contributed by atoms with Crippen LogP contribution in [0.2, 0.25) is 5.02 Å². The maximum atomic E-state index is 12.5. The lowest BCUT2D eigenvalue weighted by Crippen LogP contribution is -2.37. The second kappa shape index (κ2) is 11.8. The third-order valence-electron chi connectivity index (χ3n) is 4.23. The van der Waals surface area contributed by atoms with Crippen LogP contribution in [0, 0.1) is 6.92 Å². The maximum absolute atomic E-state index is 12.5. The molecule has 0 aliphatic carbocycles. The predicted octanol–water partition coefficient (Wildman–Crippen LogP) is 3.26. The second-order valence-electron chi connectivity index (χ2n) is 6.62. The van der Waals surface area contributed by atoms with E-state index in [0.29, 0.717) is 29.5 Å². The minimum absolute atomic E-state index is 0.00995. The summed E-state index contributed by atoms with van der Waals surface area (Å²) < 4.78 is 10.7. The van der Waals surface area contributed by atoms with Crippen molar-refractivity contribution in [2.45, 2.75) is 26.2 Å². The first-order valence-electron chi connectivity index (χ1n) is 9.55. The molecule has 0 saturated heterocycles. The van der Waals surface area contributed by atoms with Crippen LogP contribution < -0.4 is 15.4 Å². The van der Waals surface area contributed by atoms with Crippen molar-refractivity contribution in [2.24, 2.45) is 5.73 Å². The Morgan fingerprint density at radius 2 is 1.80 bits per heavy atom. The molecule has 160 valence electrons. The van der Waals surface area contributed by atoms with Crippen LogP contribution in [-0.4, -0.2) is 37.5 Å². The summed E-state index contributed by atoms with van der Waals surface area (Å²) in [4.78, 5) is 36.9. The van der Waals surface area contributed by atoms with E-state index >= 15 is 0 Å². The summed E-state index contributed by atoms with van der Waals surface area (Å²) in [6.45, 7) is 1.92. The fraction of sp³-hybridized carbons (Fsp3) is 0.318. The number of carbonyl (C=O) groups is 3. The summed E-state index contributed by atoms with van der Waals surface area (Å²) >= 11 is 5.91. The normalized spacial score (nSPS) is 10.3. The highest BCUT2D eigenvalue weighted by Crippen LogP contribution is 2.22. The number of rotatable bonds is 11. The number of esters is 1. The molecule has 0 fully saturated rings. The smallest absolute Gasteiger partial charge is 0.306 e. The second-order valence-corrected chi connectivity index (χ2v) is 7.06. The van der Waals surface area contributed by atoms with Crippen LogP contribution in [-0.2, 0) is 19.1 Å². The van der Waals surface area contributed by atoms with E-state index in [-0.39, 0.29) is 19.4 Å². The van der Waals surface area contributed by atoms with Gasteiger partial charge >= 0.3 is 5.97 Å². The predicted molar refractivity (Wildman–Crippen MR) is 114 cm³/mol. The number of ether oxygens (including phenoxy) is 2. The molecule has 7 nitrogen and oxygen atoms in total. The van der Waals surface area contributed by atoms with E-state index in [1.54, 1.807) is 42.5 Å². The fourth-order valence-corrected chi connectivity index (χ4v) is 2.92. The van der Waals surface area contributed by atoms with Crippen LogP contribution in [0.4, 0.5) is 5.69 Å². The summed E-state index contributed by atoms with van der Waals surface area (Å²) in [5, 5.41) is 0.633. The third kappa shape index (κ3) is 7.75. The van der Waals surface area contributed by atoms with Gasteiger partial charge in [-0.05, 0) is 49.2 Å². The molecule has 0 unspecified atom stereocenters. The van der Waals surface area contributed by atoms with E-state index in [1.807, 2.05) is 13.0 Å². The van der Waals surface area contributed by atoms with Crippen molar-refractivity contribution in [1.29, 1.82) is 0 Å². The van der Waals surface area contributed by atoms with Crippen LogP contribution in [0.3, 0.4) is 0 Å². The van der Waals surface area contributed by atoms with Gasteiger partial charge in [0.15, 0.2) is 6.61 Å². The number of carbonyl (C=O) groups excluding carboxylic acids is 3. The van der Waals surface area contributed by atoms with Crippen LogP contribution in [0.1, 0.15) is 24.8 Å². The van der Waals surface area contributed by atoms with E-state index in [2.05, 4.69) is 0 Å². The Hall–Kier alpha value is -3.06. The minimum atomic E-state index is -0.517. The Bertz CT molecular complexity index is 873. The topological polar surface area (TPSA) is 98.9 Å². The summed E-state index contributed by atoms with van der Waals surface area (Å²) in [5.41, 5.74) is 6.70. The molecular formula is C22H25ClN2O5. The van der Waals surface area contributed by atoms with Crippen molar-refractivity contribution in [2.75, 3.05) is 24.7 Å². The number of nitrogens with zero attached hydrogens (tertiary/aromatic N) is 1. The van der Waals surface area contributed by atoms with Gasteiger partial charge in [0.1, 0.15) is 5.75 Å². The minimum Gasteiger partial charge on any atom is -0.493 e. The monoisotopic (exact) mass is 432 g/mol. The molecule has 0 bridgehead atoms. The van der Waals surface area contributed by atoms with E-state index in [1.165, 1.54) is 4.90 Å². The Kier molecular flexibility index (Phi) is 9.15. The zero-order valence-electron chi connectivity index (χ0n) is 16.8. The van der Waals surface area contributed by atoms with Gasteiger partial charge in [-0.25, -0.2) is 0 Å².